The van der Waals surface area contributed by atoms with Crippen LogP contribution in [0, 0.1) is 5.41 Å². The summed E-state index contributed by atoms with van der Waals surface area (Å²) in [6.45, 7) is 15.4. The predicted octanol–water partition coefficient (Wildman–Crippen LogP) is 3.21. The van der Waals surface area contributed by atoms with Crippen molar-refractivity contribution < 1.29 is 0 Å². The fraction of sp³-hybridized carbons (Fsp3) is 1.00. The second kappa shape index (κ2) is 10.6. The quantitative estimate of drug-likeness (QED) is 0.632. The van der Waals surface area contributed by atoms with Crippen molar-refractivity contribution in [1.82, 2.24) is 15.1 Å². The molecule has 3 heteroatoms. The summed E-state index contributed by atoms with van der Waals surface area (Å²) >= 11 is 0. The topological polar surface area (TPSA) is 18.5 Å². The molecule has 0 heterocycles. The van der Waals surface area contributed by atoms with E-state index in [-0.39, 0.29) is 0 Å². The van der Waals surface area contributed by atoms with E-state index in [2.05, 4.69) is 42.9 Å². The Labute approximate surface area is 133 Å². The fourth-order valence-corrected chi connectivity index (χ4v) is 3.95. The lowest BCUT2D eigenvalue weighted by molar-refractivity contribution is 0.104. The molecule has 21 heavy (non-hydrogen) atoms. The lowest BCUT2D eigenvalue weighted by atomic mass is 9.73. The van der Waals surface area contributed by atoms with E-state index in [1.54, 1.807) is 0 Å². The minimum Gasteiger partial charge on any atom is -0.319 e. The van der Waals surface area contributed by atoms with Crippen molar-refractivity contribution in [2.45, 2.75) is 59.3 Å². The summed E-state index contributed by atoms with van der Waals surface area (Å²) < 4.78 is 0. The van der Waals surface area contributed by atoms with E-state index in [9.17, 15) is 0 Å². The highest BCUT2D eigenvalue weighted by atomic mass is 15.1. The molecule has 0 radical (unpaired) electrons. The molecule has 0 atom stereocenters. The molecule has 0 unspecified atom stereocenters. The highest BCUT2D eigenvalue weighted by Crippen LogP contribution is 2.36. The third-order valence-electron chi connectivity index (χ3n) is 5.32. The summed E-state index contributed by atoms with van der Waals surface area (Å²) in [6.07, 6.45) is 8.45. The van der Waals surface area contributed by atoms with Crippen LogP contribution in [0.4, 0.5) is 0 Å². The number of hydrogen-bond acceptors (Lipinski definition) is 3. The van der Waals surface area contributed by atoms with E-state index in [1.807, 2.05) is 0 Å². The first kappa shape index (κ1) is 18.9. The average Bonchev–Trinajstić information content (AvgIpc) is 2.51. The smallest absolute Gasteiger partial charge is 0.00500 e. The second-order valence-corrected chi connectivity index (χ2v) is 6.84. The van der Waals surface area contributed by atoms with Gasteiger partial charge in [0.1, 0.15) is 0 Å². The Balaban J connectivity index is 2.42. The third kappa shape index (κ3) is 6.66. The Morgan fingerprint density at radius 1 is 0.857 bits per heavy atom. The lowest BCUT2D eigenvalue weighted by Crippen LogP contribution is -2.45. The van der Waals surface area contributed by atoms with Gasteiger partial charge in [-0.1, -0.05) is 40.0 Å². The molecule has 1 aliphatic rings. The molecule has 0 aliphatic heterocycles. The van der Waals surface area contributed by atoms with Gasteiger partial charge in [-0.2, -0.15) is 0 Å². The van der Waals surface area contributed by atoms with Gasteiger partial charge in [-0.3, -0.25) is 0 Å². The van der Waals surface area contributed by atoms with Gasteiger partial charge >= 0.3 is 0 Å². The average molecular weight is 298 g/mol. The second-order valence-electron chi connectivity index (χ2n) is 6.84. The fourth-order valence-electron chi connectivity index (χ4n) is 3.95. The van der Waals surface area contributed by atoms with Gasteiger partial charge in [0, 0.05) is 13.1 Å². The first-order valence-corrected chi connectivity index (χ1v) is 9.29. The molecule has 3 nitrogen and oxygen atoms in total. The summed E-state index contributed by atoms with van der Waals surface area (Å²) in [5, 5.41) is 3.47. The molecule has 1 saturated carbocycles. The number of nitrogens with zero attached hydrogens (tertiary/aromatic N) is 2. The van der Waals surface area contributed by atoms with Crippen LogP contribution in [0.15, 0.2) is 0 Å². The molecule has 0 aromatic rings. The maximum absolute atomic E-state index is 3.47. The molecule has 1 aliphatic carbocycles. The van der Waals surface area contributed by atoms with Crippen LogP contribution in [-0.2, 0) is 0 Å². The van der Waals surface area contributed by atoms with E-state index in [0.717, 1.165) is 0 Å². The Morgan fingerprint density at radius 2 is 1.43 bits per heavy atom. The van der Waals surface area contributed by atoms with Crippen LogP contribution in [0.5, 0.6) is 0 Å². The van der Waals surface area contributed by atoms with Crippen LogP contribution in [0.25, 0.3) is 0 Å². The van der Waals surface area contributed by atoms with Crippen LogP contribution in [-0.4, -0.2) is 62.7 Å². The van der Waals surface area contributed by atoms with Crippen molar-refractivity contribution in [3.05, 3.63) is 0 Å². The van der Waals surface area contributed by atoms with E-state index in [1.165, 1.54) is 84.3 Å². The molecule has 1 rings (SSSR count). The normalized spacial score (nSPS) is 18.6. The summed E-state index contributed by atoms with van der Waals surface area (Å²) in [5.41, 5.74) is 0.540. The lowest BCUT2D eigenvalue weighted by Gasteiger charge is -2.41. The largest absolute Gasteiger partial charge is 0.319 e. The van der Waals surface area contributed by atoms with Gasteiger partial charge in [-0.05, 0) is 64.4 Å². The van der Waals surface area contributed by atoms with Crippen LogP contribution in [0.2, 0.25) is 0 Å². The monoisotopic (exact) mass is 297 g/mol. The number of rotatable bonds is 11. The molecule has 126 valence electrons. The molecule has 1 fully saturated rings. The van der Waals surface area contributed by atoms with Crippen molar-refractivity contribution in [1.29, 1.82) is 0 Å². The molecule has 0 saturated heterocycles. The SMILES string of the molecule is CCN(CC)CCCN(CC)CC1(CNC)CCCCC1. The Kier molecular flexibility index (Phi) is 9.54. The van der Waals surface area contributed by atoms with Crippen molar-refractivity contribution in [2.24, 2.45) is 5.41 Å². The molecule has 1 N–H and O–H groups in total. The van der Waals surface area contributed by atoms with E-state index in [4.69, 9.17) is 0 Å². The minimum atomic E-state index is 0.540. The van der Waals surface area contributed by atoms with Crippen molar-refractivity contribution >= 4 is 0 Å². The van der Waals surface area contributed by atoms with Crippen molar-refractivity contribution in [3.8, 4) is 0 Å². The standard InChI is InChI=1S/C18H39N3/c1-5-20(6-2)14-11-15-21(7-3)17-18(16-19-4)12-9-8-10-13-18/h19H,5-17H2,1-4H3. The van der Waals surface area contributed by atoms with Gasteiger partial charge in [-0.25, -0.2) is 0 Å². The van der Waals surface area contributed by atoms with E-state index in [0.29, 0.717) is 5.41 Å². The van der Waals surface area contributed by atoms with Gasteiger partial charge < -0.3 is 15.1 Å². The summed E-state index contributed by atoms with van der Waals surface area (Å²) in [5.74, 6) is 0. The van der Waals surface area contributed by atoms with Crippen LogP contribution >= 0.6 is 0 Å². The molecule has 0 spiro atoms. The van der Waals surface area contributed by atoms with Crippen LogP contribution < -0.4 is 5.32 Å². The Bertz CT molecular complexity index is 239. The highest BCUT2D eigenvalue weighted by molar-refractivity contribution is 4.87. The van der Waals surface area contributed by atoms with Gasteiger partial charge in [0.05, 0.1) is 0 Å². The molecular formula is C18H39N3. The Hall–Kier alpha value is -0.120. The number of hydrogen-bond donors (Lipinski definition) is 1. The van der Waals surface area contributed by atoms with Crippen molar-refractivity contribution in [2.75, 3.05) is 52.9 Å². The van der Waals surface area contributed by atoms with E-state index >= 15 is 0 Å². The molecule has 0 aromatic carbocycles. The number of nitrogens with one attached hydrogen (secondary N) is 1. The molecule has 0 amide bonds. The van der Waals surface area contributed by atoms with Gasteiger partial charge in [0.15, 0.2) is 0 Å². The van der Waals surface area contributed by atoms with Gasteiger partial charge in [0.2, 0.25) is 0 Å². The summed E-state index contributed by atoms with van der Waals surface area (Å²) in [6, 6.07) is 0. The minimum absolute atomic E-state index is 0.540. The summed E-state index contributed by atoms with van der Waals surface area (Å²) in [4.78, 5) is 5.24. The van der Waals surface area contributed by atoms with Gasteiger partial charge in [-0.15, -0.1) is 0 Å². The van der Waals surface area contributed by atoms with Gasteiger partial charge in [0.25, 0.3) is 0 Å². The summed E-state index contributed by atoms with van der Waals surface area (Å²) in [7, 11) is 2.12. The third-order valence-corrected chi connectivity index (χ3v) is 5.32. The Morgan fingerprint density at radius 3 is 1.95 bits per heavy atom. The first-order valence-electron chi connectivity index (χ1n) is 9.29. The van der Waals surface area contributed by atoms with Crippen LogP contribution in [0.3, 0.4) is 0 Å². The zero-order valence-electron chi connectivity index (χ0n) is 15.1. The maximum atomic E-state index is 3.47. The van der Waals surface area contributed by atoms with Crippen LogP contribution in [0.1, 0.15) is 59.3 Å². The first-order chi connectivity index (χ1) is 10.2. The molecule has 0 bridgehead atoms. The zero-order chi connectivity index (χ0) is 15.6. The highest BCUT2D eigenvalue weighted by Gasteiger charge is 2.32. The maximum Gasteiger partial charge on any atom is 0.00500 e. The molecule has 0 aromatic heterocycles. The zero-order valence-corrected chi connectivity index (χ0v) is 15.1. The van der Waals surface area contributed by atoms with Crippen molar-refractivity contribution in [3.63, 3.8) is 0 Å². The molecular weight excluding hydrogens is 258 g/mol. The predicted molar refractivity (Wildman–Crippen MR) is 94.0 cm³/mol. The van der Waals surface area contributed by atoms with E-state index < -0.39 is 0 Å².